The van der Waals surface area contributed by atoms with E-state index in [9.17, 15) is 9.59 Å². The highest BCUT2D eigenvalue weighted by Crippen LogP contribution is 2.18. The van der Waals surface area contributed by atoms with Crippen molar-refractivity contribution in [3.05, 3.63) is 45.7 Å². The fourth-order valence-corrected chi connectivity index (χ4v) is 2.18. The summed E-state index contributed by atoms with van der Waals surface area (Å²) in [5.41, 5.74) is 2.34. The minimum absolute atomic E-state index is 0.0859. The number of nitrogens with one attached hydrogen (secondary N) is 1. The smallest absolute Gasteiger partial charge is 0.306 e. The van der Waals surface area contributed by atoms with Gasteiger partial charge in [-0.15, -0.1) is 0 Å². The summed E-state index contributed by atoms with van der Waals surface area (Å²) in [6, 6.07) is 7.49. The summed E-state index contributed by atoms with van der Waals surface area (Å²) in [7, 11) is 0. The van der Waals surface area contributed by atoms with Gasteiger partial charge in [0, 0.05) is 11.1 Å². The largest absolute Gasteiger partial charge is 0.481 e. The number of benzene rings is 1. The molecule has 2 aromatic rings. The molecule has 0 radical (unpaired) electrons. The molecule has 1 heterocycles. The van der Waals surface area contributed by atoms with Crippen LogP contribution in [0.3, 0.4) is 0 Å². The van der Waals surface area contributed by atoms with Gasteiger partial charge in [0.05, 0.1) is 5.92 Å². The van der Waals surface area contributed by atoms with E-state index in [1.807, 2.05) is 31.2 Å². The zero-order valence-corrected chi connectivity index (χ0v) is 11.1. The quantitative estimate of drug-likeness (QED) is 0.886. The molecule has 1 unspecified atom stereocenters. The first-order valence-electron chi connectivity index (χ1n) is 6.36. The second-order valence-electron chi connectivity index (χ2n) is 4.85. The van der Waals surface area contributed by atoms with Gasteiger partial charge in [-0.3, -0.25) is 9.59 Å². The summed E-state index contributed by atoms with van der Waals surface area (Å²) in [5, 5.41) is 10.0. The van der Waals surface area contributed by atoms with Crippen LogP contribution in [0.15, 0.2) is 29.1 Å². The normalized spacial score (nSPS) is 12.5. The minimum Gasteiger partial charge on any atom is -0.481 e. The Bertz CT molecular complexity index is 673. The monoisotopic (exact) mass is 259 g/mol. The van der Waals surface area contributed by atoms with Crippen molar-refractivity contribution in [2.24, 2.45) is 5.92 Å². The number of carboxylic acids is 1. The van der Waals surface area contributed by atoms with Crippen molar-refractivity contribution in [1.29, 1.82) is 0 Å². The van der Waals surface area contributed by atoms with Gasteiger partial charge in [-0.05, 0) is 48.9 Å². The van der Waals surface area contributed by atoms with E-state index < -0.39 is 5.97 Å². The zero-order valence-electron chi connectivity index (χ0n) is 11.1. The molecule has 2 rings (SSSR count). The Morgan fingerprint density at radius 2 is 2.11 bits per heavy atom. The van der Waals surface area contributed by atoms with Crippen molar-refractivity contribution in [3.63, 3.8) is 0 Å². The van der Waals surface area contributed by atoms with Gasteiger partial charge in [-0.2, -0.15) is 0 Å². The number of pyridine rings is 1. The maximum atomic E-state index is 11.5. The van der Waals surface area contributed by atoms with Gasteiger partial charge < -0.3 is 10.1 Å². The molecule has 100 valence electrons. The first kappa shape index (κ1) is 13.3. The predicted molar refractivity (Wildman–Crippen MR) is 74.4 cm³/mol. The molecular formula is C15H17NO3. The van der Waals surface area contributed by atoms with Crippen LogP contribution >= 0.6 is 0 Å². The highest BCUT2D eigenvalue weighted by Gasteiger charge is 2.15. The molecule has 0 saturated heterocycles. The second-order valence-corrected chi connectivity index (χ2v) is 4.85. The first-order chi connectivity index (χ1) is 9.01. The third kappa shape index (κ3) is 2.84. The van der Waals surface area contributed by atoms with Crippen LogP contribution in [-0.2, 0) is 11.2 Å². The lowest BCUT2D eigenvalue weighted by molar-refractivity contribution is -0.141. The van der Waals surface area contributed by atoms with Crippen LogP contribution < -0.4 is 5.56 Å². The second kappa shape index (κ2) is 5.26. The molecule has 1 aromatic heterocycles. The molecule has 0 aliphatic rings. The van der Waals surface area contributed by atoms with E-state index in [-0.39, 0.29) is 11.5 Å². The number of aryl methyl sites for hydroxylation is 1. The number of hydrogen-bond donors (Lipinski definition) is 2. The van der Waals surface area contributed by atoms with Crippen LogP contribution in [-0.4, -0.2) is 16.1 Å². The first-order valence-corrected chi connectivity index (χ1v) is 6.36. The Balaban J connectivity index is 2.38. The van der Waals surface area contributed by atoms with Crippen LogP contribution in [0, 0.1) is 12.8 Å². The molecule has 0 saturated carbocycles. The van der Waals surface area contributed by atoms with E-state index >= 15 is 0 Å². The molecule has 0 amide bonds. The number of aromatic nitrogens is 1. The summed E-state index contributed by atoms with van der Waals surface area (Å²) >= 11 is 0. The van der Waals surface area contributed by atoms with Crippen LogP contribution in [0.1, 0.15) is 24.5 Å². The SMILES string of the molecule is CCC(Cc1ccc2[nH]c(=O)c(C)cc2c1)C(=O)O. The van der Waals surface area contributed by atoms with Gasteiger partial charge in [0.2, 0.25) is 0 Å². The molecule has 0 aliphatic carbocycles. The van der Waals surface area contributed by atoms with Crippen LogP contribution in [0.5, 0.6) is 0 Å². The van der Waals surface area contributed by atoms with Crippen LogP contribution in [0.4, 0.5) is 0 Å². The summed E-state index contributed by atoms with van der Waals surface area (Å²) in [6.45, 7) is 3.64. The highest BCUT2D eigenvalue weighted by atomic mass is 16.4. The van der Waals surface area contributed by atoms with Crippen molar-refractivity contribution < 1.29 is 9.90 Å². The summed E-state index contributed by atoms with van der Waals surface area (Å²) in [5.74, 6) is -1.12. The number of H-pyrrole nitrogens is 1. The molecule has 4 nitrogen and oxygen atoms in total. The number of aromatic amines is 1. The minimum atomic E-state index is -0.764. The van der Waals surface area contributed by atoms with Crippen molar-refractivity contribution in [3.8, 4) is 0 Å². The molecule has 1 atom stereocenters. The van der Waals surface area contributed by atoms with E-state index in [2.05, 4.69) is 4.98 Å². The number of rotatable bonds is 4. The van der Waals surface area contributed by atoms with Gasteiger partial charge in [0.25, 0.3) is 5.56 Å². The molecule has 4 heteroatoms. The zero-order chi connectivity index (χ0) is 14.0. The summed E-state index contributed by atoms with van der Waals surface area (Å²) < 4.78 is 0. The Hall–Kier alpha value is -2.10. The van der Waals surface area contributed by atoms with Gasteiger partial charge in [-0.25, -0.2) is 0 Å². The Kier molecular flexibility index (Phi) is 3.69. The Labute approximate surface area is 111 Å². The predicted octanol–water partition coefficient (Wildman–Crippen LogP) is 2.49. The van der Waals surface area contributed by atoms with Crippen molar-refractivity contribution in [2.45, 2.75) is 26.7 Å². The molecule has 0 fully saturated rings. The van der Waals surface area contributed by atoms with Crippen molar-refractivity contribution >= 4 is 16.9 Å². The number of aliphatic carboxylic acids is 1. The molecule has 0 bridgehead atoms. The third-order valence-corrected chi connectivity index (χ3v) is 3.42. The topological polar surface area (TPSA) is 70.2 Å². The van der Waals surface area contributed by atoms with Crippen LogP contribution in [0.2, 0.25) is 0 Å². The molecule has 0 aliphatic heterocycles. The molecule has 1 aromatic carbocycles. The summed E-state index contributed by atoms with van der Waals surface area (Å²) in [6.07, 6.45) is 1.12. The lowest BCUT2D eigenvalue weighted by Crippen LogP contribution is -2.15. The highest BCUT2D eigenvalue weighted by molar-refractivity contribution is 5.80. The summed E-state index contributed by atoms with van der Waals surface area (Å²) in [4.78, 5) is 25.4. The van der Waals surface area contributed by atoms with Gasteiger partial charge in [0.1, 0.15) is 0 Å². The van der Waals surface area contributed by atoms with E-state index in [1.165, 1.54) is 0 Å². The van der Waals surface area contributed by atoms with Crippen molar-refractivity contribution in [2.75, 3.05) is 0 Å². The lowest BCUT2D eigenvalue weighted by Gasteiger charge is -2.10. The van der Waals surface area contributed by atoms with Crippen LogP contribution in [0.25, 0.3) is 10.9 Å². The molecule has 0 spiro atoms. The average molecular weight is 259 g/mol. The fraction of sp³-hybridized carbons (Fsp3) is 0.333. The number of fused-ring (bicyclic) bond motifs is 1. The van der Waals surface area contributed by atoms with E-state index in [0.29, 0.717) is 18.4 Å². The maximum Gasteiger partial charge on any atom is 0.306 e. The fourth-order valence-electron chi connectivity index (χ4n) is 2.18. The van der Waals surface area contributed by atoms with E-state index in [0.717, 1.165) is 16.5 Å². The maximum absolute atomic E-state index is 11.5. The number of carbonyl (C=O) groups is 1. The number of hydrogen-bond acceptors (Lipinski definition) is 2. The van der Waals surface area contributed by atoms with E-state index in [4.69, 9.17) is 5.11 Å². The molecular weight excluding hydrogens is 242 g/mol. The lowest BCUT2D eigenvalue weighted by atomic mass is 9.96. The Morgan fingerprint density at radius 1 is 1.37 bits per heavy atom. The van der Waals surface area contributed by atoms with Gasteiger partial charge >= 0.3 is 5.97 Å². The van der Waals surface area contributed by atoms with Gasteiger partial charge in [-0.1, -0.05) is 13.0 Å². The standard InChI is InChI=1S/C15H17NO3/c1-3-11(15(18)19)7-10-4-5-13-12(8-10)6-9(2)14(17)16-13/h4-6,8,11H,3,7H2,1-2H3,(H,16,17)(H,18,19). The Morgan fingerprint density at radius 3 is 2.74 bits per heavy atom. The number of carboxylic acid groups (broad SMARTS) is 1. The molecule has 2 N–H and O–H groups in total. The van der Waals surface area contributed by atoms with Crippen molar-refractivity contribution in [1.82, 2.24) is 4.98 Å². The average Bonchev–Trinajstić information content (AvgIpc) is 2.37. The third-order valence-electron chi connectivity index (χ3n) is 3.42. The van der Waals surface area contributed by atoms with Gasteiger partial charge in [0.15, 0.2) is 0 Å². The van der Waals surface area contributed by atoms with E-state index in [1.54, 1.807) is 6.92 Å². The molecule has 19 heavy (non-hydrogen) atoms.